The van der Waals surface area contributed by atoms with Crippen molar-refractivity contribution in [3.63, 3.8) is 0 Å². The van der Waals surface area contributed by atoms with Gasteiger partial charge in [0.1, 0.15) is 5.15 Å². The minimum Gasteiger partial charge on any atom is -0.308 e. The summed E-state index contributed by atoms with van der Waals surface area (Å²) in [5.74, 6) is -0.00938. The number of pyridine rings is 1. The van der Waals surface area contributed by atoms with Crippen LogP contribution in [-0.4, -0.2) is 17.4 Å². The van der Waals surface area contributed by atoms with E-state index < -0.39 is 0 Å². The van der Waals surface area contributed by atoms with Gasteiger partial charge in [0.2, 0.25) is 0 Å². The van der Waals surface area contributed by atoms with E-state index in [1.165, 1.54) is 11.3 Å². The molecule has 0 N–H and O–H groups in total. The summed E-state index contributed by atoms with van der Waals surface area (Å²) in [5, 5.41) is 2.32. The van der Waals surface area contributed by atoms with Crippen LogP contribution in [0.5, 0.6) is 0 Å². The number of aromatic nitrogens is 1. The van der Waals surface area contributed by atoms with Crippen LogP contribution in [0.4, 0.5) is 5.69 Å². The molecule has 0 bridgehead atoms. The first-order valence-electron chi connectivity index (χ1n) is 8.86. The van der Waals surface area contributed by atoms with Crippen LogP contribution in [0.15, 0.2) is 48.5 Å². The van der Waals surface area contributed by atoms with Crippen LogP contribution >= 0.6 is 22.9 Å². The number of hydrogen-bond acceptors (Lipinski definition) is 3. The lowest BCUT2D eigenvalue weighted by molar-refractivity contribution is 0.0992. The number of nitrogens with zero attached hydrogens (tertiary/aromatic N) is 2. The Hall–Kier alpha value is -2.43. The Morgan fingerprint density at radius 1 is 1.11 bits per heavy atom. The molecule has 0 saturated heterocycles. The van der Waals surface area contributed by atoms with E-state index in [0.717, 1.165) is 37.8 Å². The average Bonchev–Trinajstić information content (AvgIpc) is 3.11. The highest BCUT2D eigenvalue weighted by Gasteiger charge is 2.21. The number of carbonyl (C=O) groups excluding carboxylic acids is 1. The second-order valence-electron chi connectivity index (χ2n) is 6.61. The van der Waals surface area contributed by atoms with Crippen molar-refractivity contribution in [3.05, 3.63) is 69.7 Å². The number of thiophene rings is 1. The summed E-state index contributed by atoms with van der Waals surface area (Å²) in [6.07, 6.45) is 0. The zero-order chi connectivity index (χ0) is 19.1. The number of anilines is 1. The van der Waals surface area contributed by atoms with Gasteiger partial charge in [0, 0.05) is 27.7 Å². The smallest absolute Gasteiger partial charge is 0.268 e. The molecule has 0 aliphatic heterocycles. The molecule has 0 fully saturated rings. The van der Waals surface area contributed by atoms with Crippen molar-refractivity contribution in [2.45, 2.75) is 20.8 Å². The summed E-state index contributed by atoms with van der Waals surface area (Å²) in [4.78, 5) is 20.3. The Bertz CT molecular complexity index is 1180. The van der Waals surface area contributed by atoms with Gasteiger partial charge in [-0.1, -0.05) is 41.4 Å². The number of hydrogen-bond donors (Lipinski definition) is 0. The Kier molecular flexibility index (Phi) is 4.62. The SMILES string of the molecule is CCN(C(=O)c1cc2c(Cl)nc3ccc(C)cc3c2s1)c1ccccc1C. The van der Waals surface area contributed by atoms with Crippen LogP contribution in [0, 0.1) is 13.8 Å². The van der Waals surface area contributed by atoms with Crippen LogP contribution in [0.25, 0.3) is 21.0 Å². The fraction of sp³-hybridized carbons (Fsp3) is 0.182. The van der Waals surface area contributed by atoms with Crippen LogP contribution < -0.4 is 4.90 Å². The summed E-state index contributed by atoms with van der Waals surface area (Å²) < 4.78 is 1.01. The van der Waals surface area contributed by atoms with Crippen LogP contribution in [-0.2, 0) is 0 Å². The Morgan fingerprint density at radius 3 is 2.63 bits per heavy atom. The topological polar surface area (TPSA) is 33.2 Å². The first kappa shape index (κ1) is 18.0. The molecule has 3 nitrogen and oxygen atoms in total. The molecule has 0 aliphatic rings. The number of carbonyl (C=O) groups is 1. The standard InChI is InChI=1S/C22H19ClN2OS/c1-4-25(18-8-6-5-7-14(18)3)22(26)19-12-16-20(27-19)15-11-13(2)9-10-17(15)24-21(16)23/h5-12H,4H2,1-3H3. The molecule has 1 amide bonds. The molecule has 0 unspecified atom stereocenters. The molecule has 4 rings (SSSR count). The van der Waals surface area contributed by atoms with Gasteiger partial charge < -0.3 is 4.90 Å². The van der Waals surface area contributed by atoms with Crippen molar-refractivity contribution in [2.24, 2.45) is 0 Å². The maximum Gasteiger partial charge on any atom is 0.268 e. The lowest BCUT2D eigenvalue weighted by Crippen LogP contribution is -2.30. The van der Waals surface area contributed by atoms with E-state index in [1.54, 1.807) is 0 Å². The molecule has 27 heavy (non-hydrogen) atoms. The first-order valence-corrected chi connectivity index (χ1v) is 10.1. The predicted molar refractivity (Wildman–Crippen MR) is 115 cm³/mol. The molecule has 2 aromatic heterocycles. The van der Waals surface area contributed by atoms with Crippen LogP contribution in [0.1, 0.15) is 27.7 Å². The highest BCUT2D eigenvalue weighted by molar-refractivity contribution is 7.22. The van der Waals surface area contributed by atoms with Gasteiger partial charge in [-0.05, 0) is 50.6 Å². The third-order valence-electron chi connectivity index (χ3n) is 4.75. The number of benzene rings is 2. The van der Waals surface area contributed by atoms with Crippen molar-refractivity contribution in [3.8, 4) is 0 Å². The van der Waals surface area contributed by atoms with Crippen molar-refractivity contribution in [2.75, 3.05) is 11.4 Å². The van der Waals surface area contributed by atoms with Crippen LogP contribution in [0.3, 0.4) is 0 Å². The lowest BCUT2D eigenvalue weighted by Gasteiger charge is -2.22. The van der Waals surface area contributed by atoms with E-state index in [-0.39, 0.29) is 5.91 Å². The second-order valence-corrected chi connectivity index (χ2v) is 8.02. The summed E-state index contributed by atoms with van der Waals surface area (Å²) in [6, 6.07) is 15.9. The van der Waals surface area contributed by atoms with Gasteiger partial charge in [-0.3, -0.25) is 4.79 Å². The zero-order valence-electron chi connectivity index (χ0n) is 15.4. The van der Waals surface area contributed by atoms with Gasteiger partial charge in [-0.15, -0.1) is 11.3 Å². The molecule has 2 heterocycles. The van der Waals surface area contributed by atoms with Crippen molar-refractivity contribution in [1.29, 1.82) is 0 Å². The molecule has 0 atom stereocenters. The minimum atomic E-state index is -0.00938. The summed E-state index contributed by atoms with van der Waals surface area (Å²) in [7, 11) is 0. The van der Waals surface area contributed by atoms with Gasteiger partial charge in [0.05, 0.1) is 10.4 Å². The fourth-order valence-corrected chi connectivity index (χ4v) is 4.80. The number of rotatable bonds is 3. The highest BCUT2D eigenvalue weighted by Crippen LogP contribution is 2.37. The molecule has 0 aliphatic carbocycles. The second kappa shape index (κ2) is 6.95. The van der Waals surface area contributed by atoms with Crippen molar-refractivity contribution in [1.82, 2.24) is 4.98 Å². The summed E-state index contributed by atoms with van der Waals surface area (Å²) >= 11 is 7.91. The van der Waals surface area contributed by atoms with E-state index >= 15 is 0 Å². The molecule has 0 spiro atoms. The molecular formula is C22H19ClN2OS. The number of fused-ring (bicyclic) bond motifs is 3. The highest BCUT2D eigenvalue weighted by atomic mass is 35.5. The molecule has 0 radical (unpaired) electrons. The Balaban J connectivity index is 1.87. The molecule has 2 aromatic carbocycles. The van der Waals surface area contributed by atoms with Gasteiger partial charge in [0.15, 0.2) is 0 Å². The third kappa shape index (κ3) is 3.09. The van der Waals surface area contributed by atoms with Crippen molar-refractivity contribution < 1.29 is 4.79 Å². The fourth-order valence-electron chi connectivity index (χ4n) is 3.37. The summed E-state index contributed by atoms with van der Waals surface area (Å²) in [5.41, 5.74) is 4.02. The Morgan fingerprint density at radius 2 is 1.89 bits per heavy atom. The van der Waals surface area contributed by atoms with E-state index in [9.17, 15) is 4.79 Å². The third-order valence-corrected chi connectivity index (χ3v) is 6.19. The maximum atomic E-state index is 13.3. The van der Waals surface area contributed by atoms with E-state index in [2.05, 4.69) is 18.0 Å². The summed E-state index contributed by atoms with van der Waals surface area (Å²) in [6.45, 7) is 6.67. The van der Waals surface area contributed by atoms with E-state index in [4.69, 9.17) is 11.6 Å². The quantitative estimate of drug-likeness (QED) is 0.377. The number of halogens is 1. The molecule has 136 valence electrons. The number of para-hydroxylation sites is 1. The average molecular weight is 395 g/mol. The van der Waals surface area contributed by atoms with Gasteiger partial charge in [-0.2, -0.15) is 0 Å². The van der Waals surface area contributed by atoms with Crippen molar-refractivity contribution >= 4 is 55.5 Å². The first-order chi connectivity index (χ1) is 13.0. The van der Waals surface area contributed by atoms with Gasteiger partial charge >= 0.3 is 0 Å². The van der Waals surface area contributed by atoms with Gasteiger partial charge in [0.25, 0.3) is 5.91 Å². The number of aryl methyl sites for hydroxylation is 2. The largest absolute Gasteiger partial charge is 0.308 e. The number of amides is 1. The predicted octanol–water partition coefficient (Wildman–Crippen LogP) is 6.39. The monoisotopic (exact) mass is 394 g/mol. The molecule has 0 saturated carbocycles. The molecule has 5 heteroatoms. The van der Waals surface area contributed by atoms with Crippen LogP contribution in [0.2, 0.25) is 5.15 Å². The lowest BCUT2D eigenvalue weighted by atomic mass is 10.1. The molecular weight excluding hydrogens is 376 g/mol. The Labute approximate surface area is 167 Å². The normalized spacial score (nSPS) is 11.3. The zero-order valence-corrected chi connectivity index (χ0v) is 17.0. The maximum absolute atomic E-state index is 13.3. The minimum absolute atomic E-state index is 0.00938. The van der Waals surface area contributed by atoms with E-state index in [1.807, 2.05) is 61.2 Å². The molecule has 4 aromatic rings. The van der Waals surface area contributed by atoms with E-state index in [0.29, 0.717) is 16.6 Å². The van der Waals surface area contributed by atoms with Gasteiger partial charge in [-0.25, -0.2) is 4.98 Å².